The summed E-state index contributed by atoms with van der Waals surface area (Å²) in [6.07, 6.45) is 6.80. The van der Waals surface area contributed by atoms with Gasteiger partial charge in [0.05, 0.1) is 0 Å². The molecule has 2 aliphatic rings. The first-order valence-electron chi connectivity index (χ1n) is 10.7. The minimum atomic E-state index is -0.0690. The number of rotatable bonds is 5. The van der Waals surface area contributed by atoms with Gasteiger partial charge < -0.3 is 10.6 Å². The Bertz CT molecular complexity index is 777. The second-order valence-electron chi connectivity index (χ2n) is 8.17. The van der Waals surface area contributed by atoms with Crippen LogP contribution >= 0.6 is 0 Å². The lowest BCUT2D eigenvalue weighted by molar-refractivity contribution is 0.0200. The van der Waals surface area contributed by atoms with Crippen LogP contribution in [0.1, 0.15) is 50.2 Å². The lowest BCUT2D eigenvalue weighted by Crippen LogP contribution is -2.56. The number of nitrogens with one attached hydrogen (secondary N) is 2. The van der Waals surface area contributed by atoms with Gasteiger partial charge in [0.1, 0.15) is 0 Å². The van der Waals surface area contributed by atoms with Gasteiger partial charge in [0, 0.05) is 30.4 Å². The number of nitrogens with zero attached hydrogens (tertiary/aromatic N) is 1. The predicted octanol–water partition coefficient (Wildman–Crippen LogP) is 4.96. The summed E-state index contributed by atoms with van der Waals surface area (Å²) in [6.45, 7) is 3.14. The van der Waals surface area contributed by atoms with Crippen molar-refractivity contribution in [2.45, 2.75) is 70.1 Å². The Kier molecular flexibility index (Phi) is 5.96. The first-order chi connectivity index (χ1) is 13.7. The van der Waals surface area contributed by atoms with Crippen LogP contribution in [-0.2, 0) is 13.0 Å². The number of amides is 2. The summed E-state index contributed by atoms with van der Waals surface area (Å²) in [5.41, 5.74) is 3.48. The molecular formula is C24H31N3O. The van der Waals surface area contributed by atoms with Crippen LogP contribution in [0.2, 0.25) is 0 Å². The zero-order chi connectivity index (χ0) is 19.3. The summed E-state index contributed by atoms with van der Waals surface area (Å²) in [5.74, 6) is 0. The fraction of sp³-hybridized carbons (Fsp3) is 0.458. The maximum atomic E-state index is 12.6. The van der Waals surface area contributed by atoms with E-state index in [0.29, 0.717) is 12.1 Å². The number of para-hydroxylation sites is 1. The molecule has 4 rings (SSSR count). The van der Waals surface area contributed by atoms with E-state index in [2.05, 4.69) is 58.9 Å². The predicted molar refractivity (Wildman–Crippen MR) is 114 cm³/mol. The van der Waals surface area contributed by atoms with Crippen molar-refractivity contribution in [3.05, 3.63) is 65.7 Å². The molecule has 2 saturated heterocycles. The molecule has 2 heterocycles. The van der Waals surface area contributed by atoms with Crippen LogP contribution in [0.15, 0.2) is 54.6 Å². The molecule has 3 atom stereocenters. The van der Waals surface area contributed by atoms with Gasteiger partial charge in [-0.15, -0.1) is 0 Å². The van der Waals surface area contributed by atoms with Crippen molar-refractivity contribution in [3.8, 4) is 0 Å². The van der Waals surface area contributed by atoms with Gasteiger partial charge >= 0.3 is 6.03 Å². The van der Waals surface area contributed by atoms with Crippen LogP contribution < -0.4 is 10.6 Å². The highest BCUT2D eigenvalue weighted by Crippen LogP contribution is 2.35. The summed E-state index contributed by atoms with van der Waals surface area (Å²) >= 11 is 0. The Morgan fingerprint density at radius 2 is 1.68 bits per heavy atom. The number of carbonyl (C=O) groups excluding carboxylic acids is 1. The van der Waals surface area contributed by atoms with E-state index in [4.69, 9.17) is 0 Å². The first kappa shape index (κ1) is 19.0. The van der Waals surface area contributed by atoms with Crippen LogP contribution in [-0.4, -0.2) is 29.1 Å². The third-order valence-electron chi connectivity index (χ3n) is 6.32. The fourth-order valence-corrected chi connectivity index (χ4v) is 4.94. The highest BCUT2D eigenvalue weighted by atomic mass is 16.2. The van der Waals surface area contributed by atoms with Gasteiger partial charge in [0.25, 0.3) is 0 Å². The van der Waals surface area contributed by atoms with Gasteiger partial charge in [-0.25, -0.2) is 4.79 Å². The molecule has 0 saturated carbocycles. The minimum absolute atomic E-state index is 0.0690. The number of anilines is 1. The molecule has 4 heteroatoms. The molecule has 0 radical (unpaired) electrons. The molecular weight excluding hydrogens is 346 g/mol. The number of piperidine rings is 2. The normalized spacial score (nSPS) is 24.5. The van der Waals surface area contributed by atoms with E-state index < -0.39 is 0 Å². The van der Waals surface area contributed by atoms with Gasteiger partial charge in [0.15, 0.2) is 0 Å². The van der Waals surface area contributed by atoms with E-state index in [1.807, 2.05) is 18.2 Å². The highest BCUT2D eigenvalue weighted by molar-refractivity contribution is 5.90. The molecule has 148 valence electrons. The maximum absolute atomic E-state index is 12.6. The van der Waals surface area contributed by atoms with E-state index in [1.54, 1.807) is 0 Å². The largest absolute Gasteiger partial charge is 0.335 e. The van der Waals surface area contributed by atoms with Crippen molar-refractivity contribution < 1.29 is 4.79 Å². The molecule has 2 aliphatic heterocycles. The van der Waals surface area contributed by atoms with Crippen molar-refractivity contribution in [3.63, 3.8) is 0 Å². The van der Waals surface area contributed by atoms with E-state index in [-0.39, 0.29) is 12.1 Å². The molecule has 2 bridgehead atoms. The Hall–Kier alpha value is -2.33. The minimum Gasteiger partial charge on any atom is -0.335 e. The van der Waals surface area contributed by atoms with Crippen molar-refractivity contribution in [2.24, 2.45) is 0 Å². The van der Waals surface area contributed by atoms with Gasteiger partial charge in [-0.1, -0.05) is 61.9 Å². The van der Waals surface area contributed by atoms with Crippen LogP contribution in [0.4, 0.5) is 10.5 Å². The number of carbonyl (C=O) groups is 1. The smallest absolute Gasteiger partial charge is 0.319 e. The summed E-state index contributed by atoms with van der Waals surface area (Å²) in [7, 11) is 0. The molecule has 2 amide bonds. The monoisotopic (exact) mass is 377 g/mol. The topological polar surface area (TPSA) is 44.4 Å². The molecule has 0 spiro atoms. The van der Waals surface area contributed by atoms with E-state index in [1.165, 1.54) is 30.4 Å². The second-order valence-corrected chi connectivity index (χ2v) is 8.17. The Morgan fingerprint density at radius 1 is 1.00 bits per heavy atom. The summed E-state index contributed by atoms with van der Waals surface area (Å²) in [6, 6.07) is 20.1. The van der Waals surface area contributed by atoms with Crippen LogP contribution in [0.25, 0.3) is 0 Å². The van der Waals surface area contributed by atoms with Crippen molar-refractivity contribution in [2.75, 3.05) is 5.32 Å². The Morgan fingerprint density at radius 3 is 2.39 bits per heavy atom. The standard InChI is InChI=1S/C24H31N3O/c1-2-19-11-6-7-14-23(19)26-24(28)25-20-15-21-12-8-13-22(16-20)27(21)17-18-9-4-3-5-10-18/h3-7,9-11,14,20-22H,2,8,12-13,15-17H2,1H3,(H2,25,26,28)/t20?,21-,22+. The molecule has 2 aromatic carbocycles. The molecule has 0 aromatic heterocycles. The third kappa shape index (κ3) is 4.39. The highest BCUT2D eigenvalue weighted by Gasteiger charge is 2.38. The summed E-state index contributed by atoms with van der Waals surface area (Å²) < 4.78 is 0. The quantitative estimate of drug-likeness (QED) is 0.774. The lowest BCUT2D eigenvalue weighted by Gasteiger charge is -2.49. The molecule has 2 fully saturated rings. The van der Waals surface area contributed by atoms with Gasteiger partial charge in [-0.2, -0.15) is 0 Å². The third-order valence-corrected chi connectivity index (χ3v) is 6.32. The van der Waals surface area contributed by atoms with Crippen molar-refractivity contribution >= 4 is 11.7 Å². The van der Waals surface area contributed by atoms with E-state index in [0.717, 1.165) is 31.5 Å². The van der Waals surface area contributed by atoms with Gasteiger partial charge in [-0.3, -0.25) is 4.90 Å². The molecule has 28 heavy (non-hydrogen) atoms. The zero-order valence-corrected chi connectivity index (χ0v) is 16.7. The molecule has 0 aliphatic carbocycles. The Balaban J connectivity index is 1.37. The maximum Gasteiger partial charge on any atom is 0.319 e. The van der Waals surface area contributed by atoms with Gasteiger partial charge in [0.2, 0.25) is 0 Å². The first-order valence-corrected chi connectivity index (χ1v) is 10.7. The van der Waals surface area contributed by atoms with E-state index >= 15 is 0 Å². The van der Waals surface area contributed by atoms with Crippen LogP contribution in [0.5, 0.6) is 0 Å². The number of aryl methyl sites for hydroxylation is 1. The number of urea groups is 1. The fourth-order valence-electron chi connectivity index (χ4n) is 4.94. The average Bonchev–Trinajstić information content (AvgIpc) is 2.70. The second kappa shape index (κ2) is 8.78. The van der Waals surface area contributed by atoms with Crippen LogP contribution in [0.3, 0.4) is 0 Å². The molecule has 2 N–H and O–H groups in total. The SMILES string of the molecule is CCc1ccccc1NC(=O)NC1C[C@H]2CCC[C@@H](C1)N2Cc1ccccc1. The summed E-state index contributed by atoms with van der Waals surface area (Å²) in [4.78, 5) is 15.3. The lowest BCUT2D eigenvalue weighted by atomic mass is 9.81. The molecule has 2 aromatic rings. The van der Waals surface area contributed by atoms with Crippen molar-refractivity contribution in [1.29, 1.82) is 0 Å². The van der Waals surface area contributed by atoms with Gasteiger partial charge in [-0.05, 0) is 49.3 Å². The Labute approximate surface area is 168 Å². The number of hydrogen-bond donors (Lipinski definition) is 2. The zero-order valence-electron chi connectivity index (χ0n) is 16.7. The van der Waals surface area contributed by atoms with Crippen LogP contribution in [0, 0.1) is 0 Å². The number of benzene rings is 2. The summed E-state index contributed by atoms with van der Waals surface area (Å²) in [5, 5.41) is 6.32. The van der Waals surface area contributed by atoms with E-state index in [9.17, 15) is 4.79 Å². The number of fused-ring (bicyclic) bond motifs is 2. The van der Waals surface area contributed by atoms with Crippen molar-refractivity contribution in [1.82, 2.24) is 10.2 Å². The average molecular weight is 378 g/mol. The number of hydrogen-bond acceptors (Lipinski definition) is 2. The molecule has 1 unspecified atom stereocenters. The molecule has 4 nitrogen and oxygen atoms in total.